The van der Waals surface area contributed by atoms with Crippen molar-refractivity contribution in [2.75, 3.05) is 26.1 Å². The largest absolute Gasteiger partial charge is 0.487 e. The lowest BCUT2D eigenvalue weighted by Crippen LogP contribution is -2.21. The van der Waals surface area contributed by atoms with E-state index in [0.717, 1.165) is 68.9 Å². The average molecular weight is 565 g/mol. The van der Waals surface area contributed by atoms with E-state index in [9.17, 15) is 4.79 Å². The van der Waals surface area contributed by atoms with Crippen molar-refractivity contribution >= 4 is 33.5 Å². The summed E-state index contributed by atoms with van der Waals surface area (Å²) >= 11 is 0. The number of esters is 1. The number of methoxy groups -OCH3 is 1. The van der Waals surface area contributed by atoms with Gasteiger partial charge in [0.1, 0.15) is 18.2 Å². The van der Waals surface area contributed by atoms with Gasteiger partial charge < -0.3 is 19.9 Å². The molecule has 1 aliphatic carbocycles. The second-order valence-corrected chi connectivity index (χ2v) is 10.8. The quantitative estimate of drug-likeness (QED) is 0.184. The molecule has 0 radical (unpaired) electrons. The fourth-order valence-electron chi connectivity index (χ4n) is 5.58. The number of benzene rings is 3. The van der Waals surface area contributed by atoms with Gasteiger partial charge in [-0.1, -0.05) is 30.3 Å². The minimum Gasteiger partial charge on any atom is -0.487 e. The van der Waals surface area contributed by atoms with Gasteiger partial charge in [0.15, 0.2) is 0 Å². The van der Waals surface area contributed by atoms with Crippen molar-refractivity contribution in [2.24, 2.45) is 0 Å². The number of nitrogens with zero attached hydrogens (tertiary/aromatic N) is 3. The highest BCUT2D eigenvalue weighted by molar-refractivity contribution is 5.95. The summed E-state index contributed by atoms with van der Waals surface area (Å²) in [6.07, 6.45) is 6.04. The zero-order valence-electron chi connectivity index (χ0n) is 24.1. The Bertz CT molecular complexity index is 1740. The Kier molecular flexibility index (Phi) is 8.06. The summed E-state index contributed by atoms with van der Waals surface area (Å²) in [4.78, 5) is 16.7. The molecule has 0 unspecified atom stereocenters. The number of carbonyl (C=O) groups is 1. The molecule has 0 spiro atoms. The van der Waals surface area contributed by atoms with Crippen LogP contribution in [0.1, 0.15) is 49.0 Å². The zero-order chi connectivity index (χ0) is 29.1. The smallest absolute Gasteiger partial charge is 0.310 e. The lowest BCUT2D eigenvalue weighted by atomic mass is 9.93. The average Bonchev–Trinajstić information content (AvgIpc) is 3.31. The first-order chi connectivity index (χ1) is 20.5. The number of carbonyl (C=O) groups excluding carboxylic acids is 1. The van der Waals surface area contributed by atoms with Crippen molar-refractivity contribution < 1.29 is 19.0 Å². The third-order valence-electron chi connectivity index (χ3n) is 8.07. The molecule has 0 saturated heterocycles. The van der Waals surface area contributed by atoms with Crippen molar-refractivity contribution in [3.8, 4) is 16.9 Å². The summed E-state index contributed by atoms with van der Waals surface area (Å²) in [5.74, 6) is 0.925. The second kappa shape index (κ2) is 12.2. The maximum atomic E-state index is 12.4. The van der Waals surface area contributed by atoms with E-state index in [-0.39, 0.29) is 12.4 Å². The SMILES string of the molecule is CCOC(=O)Cc1cc(CCOC)ccc1OCc1c2cc(-c3ccc4ccnc(N)c4c3)ccc2nn1C1CCC1. The first-order valence-corrected chi connectivity index (χ1v) is 14.6. The van der Waals surface area contributed by atoms with Crippen LogP contribution in [-0.4, -0.2) is 41.1 Å². The van der Waals surface area contributed by atoms with E-state index in [4.69, 9.17) is 25.0 Å². The second-order valence-electron chi connectivity index (χ2n) is 10.8. The van der Waals surface area contributed by atoms with E-state index in [1.165, 1.54) is 6.42 Å². The third-order valence-corrected chi connectivity index (χ3v) is 8.07. The molecule has 1 aliphatic rings. The topological polar surface area (TPSA) is 101 Å². The molecule has 0 aliphatic heterocycles. The lowest BCUT2D eigenvalue weighted by Gasteiger charge is -2.27. The van der Waals surface area contributed by atoms with Crippen molar-refractivity contribution in [1.29, 1.82) is 0 Å². The number of anilines is 1. The Morgan fingerprint density at radius 1 is 1.02 bits per heavy atom. The van der Waals surface area contributed by atoms with Crippen LogP contribution < -0.4 is 10.5 Å². The Hall–Kier alpha value is -4.43. The highest BCUT2D eigenvalue weighted by Gasteiger charge is 2.25. The molecule has 2 N–H and O–H groups in total. The number of nitrogens with two attached hydrogens (primary N) is 1. The number of hydrogen-bond acceptors (Lipinski definition) is 7. The van der Waals surface area contributed by atoms with Crippen LogP contribution in [0.3, 0.4) is 0 Å². The molecule has 0 bridgehead atoms. The molecule has 8 heteroatoms. The number of rotatable bonds is 11. The van der Waals surface area contributed by atoms with Crippen LogP contribution in [-0.2, 0) is 33.7 Å². The summed E-state index contributed by atoms with van der Waals surface area (Å²) in [5.41, 5.74) is 12.2. The molecule has 3 aromatic carbocycles. The molecule has 1 saturated carbocycles. The molecule has 2 heterocycles. The highest BCUT2D eigenvalue weighted by Crippen LogP contribution is 2.37. The van der Waals surface area contributed by atoms with E-state index in [1.54, 1.807) is 13.3 Å². The molecular formula is C34H36N4O4. The summed E-state index contributed by atoms with van der Waals surface area (Å²) < 4.78 is 19.1. The molecule has 216 valence electrons. The molecule has 5 aromatic rings. The predicted molar refractivity (Wildman–Crippen MR) is 164 cm³/mol. The van der Waals surface area contributed by atoms with Gasteiger partial charge >= 0.3 is 5.97 Å². The summed E-state index contributed by atoms with van der Waals surface area (Å²) in [5, 5.41) is 8.06. The van der Waals surface area contributed by atoms with Crippen molar-refractivity contribution in [3.63, 3.8) is 0 Å². The van der Waals surface area contributed by atoms with Crippen LogP contribution in [0.2, 0.25) is 0 Å². The van der Waals surface area contributed by atoms with Gasteiger partial charge in [0.2, 0.25) is 0 Å². The summed E-state index contributed by atoms with van der Waals surface area (Å²) in [6, 6.07) is 21.0. The Labute approximate surface area is 245 Å². The molecule has 0 atom stereocenters. The van der Waals surface area contributed by atoms with Gasteiger partial charge in [0.25, 0.3) is 0 Å². The number of ether oxygens (including phenoxy) is 3. The maximum absolute atomic E-state index is 12.4. The number of aromatic nitrogens is 3. The van der Waals surface area contributed by atoms with Crippen LogP contribution >= 0.6 is 0 Å². The molecular weight excluding hydrogens is 528 g/mol. The minimum absolute atomic E-state index is 0.150. The fraction of sp³-hybridized carbons (Fsp3) is 0.324. The highest BCUT2D eigenvalue weighted by atomic mass is 16.5. The van der Waals surface area contributed by atoms with Gasteiger partial charge in [0, 0.05) is 29.6 Å². The first-order valence-electron chi connectivity index (χ1n) is 14.6. The van der Waals surface area contributed by atoms with Crippen LogP contribution in [0, 0.1) is 0 Å². The van der Waals surface area contributed by atoms with Gasteiger partial charge in [-0.25, -0.2) is 4.98 Å². The molecule has 8 nitrogen and oxygen atoms in total. The maximum Gasteiger partial charge on any atom is 0.310 e. The lowest BCUT2D eigenvalue weighted by molar-refractivity contribution is -0.142. The third kappa shape index (κ3) is 5.67. The van der Waals surface area contributed by atoms with E-state index in [1.807, 2.05) is 31.2 Å². The van der Waals surface area contributed by atoms with Crippen LogP contribution in [0.5, 0.6) is 5.75 Å². The molecule has 1 fully saturated rings. The number of pyridine rings is 1. The fourth-order valence-corrected chi connectivity index (χ4v) is 5.58. The van der Waals surface area contributed by atoms with Gasteiger partial charge in [-0.15, -0.1) is 0 Å². The normalized spacial score (nSPS) is 13.4. The predicted octanol–water partition coefficient (Wildman–Crippen LogP) is 6.43. The zero-order valence-corrected chi connectivity index (χ0v) is 24.1. The summed E-state index contributed by atoms with van der Waals surface area (Å²) in [7, 11) is 1.69. The standard InChI is InChI=1S/C34H36N4O4/c1-3-41-33(39)20-26-17-22(14-16-40-2)7-12-32(26)42-21-31-29-19-25(10-11-30(29)37-38(31)27-5-4-6-27)24-9-8-23-13-15-36-34(35)28(23)18-24/h7-13,15,17-19,27H,3-6,14,16,20-21H2,1-2H3,(H2,35,36). The van der Waals surface area contributed by atoms with E-state index in [0.29, 0.717) is 37.4 Å². The van der Waals surface area contributed by atoms with Crippen molar-refractivity contribution in [1.82, 2.24) is 14.8 Å². The summed E-state index contributed by atoms with van der Waals surface area (Å²) in [6.45, 7) is 3.09. The van der Waals surface area contributed by atoms with Crippen LogP contribution in [0.4, 0.5) is 5.82 Å². The first kappa shape index (κ1) is 27.7. The van der Waals surface area contributed by atoms with Crippen LogP contribution in [0.25, 0.3) is 32.8 Å². The van der Waals surface area contributed by atoms with Crippen LogP contribution in [0.15, 0.2) is 66.9 Å². The Morgan fingerprint density at radius 2 is 1.83 bits per heavy atom. The van der Waals surface area contributed by atoms with Gasteiger partial charge in [-0.2, -0.15) is 5.10 Å². The van der Waals surface area contributed by atoms with Gasteiger partial charge in [-0.3, -0.25) is 9.48 Å². The monoisotopic (exact) mass is 564 g/mol. The number of nitrogen functional groups attached to an aromatic ring is 1. The van der Waals surface area contributed by atoms with E-state index < -0.39 is 0 Å². The molecule has 6 rings (SSSR count). The Morgan fingerprint density at radius 3 is 2.60 bits per heavy atom. The molecule has 42 heavy (non-hydrogen) atoms. The Balaban J connectivity index is 1.35. The van der Waals surface area contributed by atoms with Crippen molar-refractivity contribution in [2.45, 2.75) is 51.7 Å². The number of hydrogen-bond donors (Lipinski definition) is 1. The molecule has 0 amide bonds. The van der Waals surface area contributed by atoms with Gasteiger partial charge in [0.05, 0.1) is 36.9 Å². The van der Waals surface area contributed by atoms with E-state index in [2.05, 4.69) is 46.1 Å². The molecule has 2 aromatic heterocycles. The number of fused-ring (bicyclic) bond motifs is 2. The van der Waals surface area contributed by atoms with E-state index >= 15 is 0 Å². The van der Waals surface area contributed by atoms with Crippen molar-refractivity contribution in [3.05, 3.63) is 83.7 Å². The van der Waals surface area contributed by atoms with Gasteiger partial charge in [-0.05, 0) is 85.0 Å². The minimum atomic E-state index is -0.271.